The maximum absolute atomic E-state index is 6.49. The molecule has 122 valence electrons. The molecule has 0 radical (unpaired) electrons. The van der Waals surface area contributed by atoms with Gasteiger partial charge in [0.1, 0.15) is 0 Å². The Balaban J connectivity index is 0.00000156. The number of fused-ring (bicyclic) bond motifs is 1. The van der Waals surface area contributed by atoms with E-state index in [0.29, 0.717) is 12.0 Å². The number of hydrogen-bond donors (Lipinski definition) is 1. The summed E-state index contributed by atoms with van der Waals surface area (Å²) in [7, 11) is 0. The Hall–Kier alpha value is -1.35. The third-order valence-electron chi connectivity index (χ3n) is 5.40. The molecule has 2 aliphatic rings. The largest absolute Gasteiger partial charge is 0.326 e. The van der Waals surface area contributed by atoms with E-state index in [1.807, 2.05) is 0 Å². The number of rotatable bonds is 2. The van der Waals surface area contributed by atoms with Crippen LogP contribution in [0.3, 0.4) is 0 Å². The second-order valence-electron chi connectivity index (χ2n) is 6.74. The normalized spacial score (nSPS) is 27.3. The molecule has 0 amide bonds. The quantitative estimate of drug-likeness (QED) is 0.905. The van der Waals surface area contributed by atoms with Crippen molar-refractivity contribution in [1.29, 1.82) is 0 Å². The third-order valence-corrected chi connectivity index (χ3v) is 5.40. The Bertz CT molecular complexity index is 643. The maximum atomic E-state index is 6.49. The topological polar surface area (TPSA) is 29.3 Å². The van der Waals surface area contributed by atoms with Crippen molar-refractivity contribution in [3.8, 4) is 0 Å². The molecular weight excluding hydrogens is 304 g/mol. The first-order valence-corrected chi connectivity index (χ1v) is 8.45. The van der Waals surface area contributed by atoms with E-state index in [9.17, 15) is 0 Å². The van der Waals surface area contributed by atoms with Gasteiger partial charge in [0, 0.05) is 31.1 Å². The molecule has 1 unspecified atom stereocenters. The standard InChI is InChI=1S/C20H24N2.ClH/c21-19-14-22(13-18(19)16-7-2-1-3-8-16)20-12-6-10-15-9-4-5-11-17(15)20;/h1-5,7-9,11,18-20H,6,10,12-14,21H2;1H/t18-,19+,20?;/m0./s1. The smallest absolute Gasteiger partial charge is 0.0351 e. The van der Waals surface area contributed by atoms with Gasteiger partial charge in [-0.05, 0) is 36.0 Å². The average Bonchev–Trinajstić information content (AvgIpc) is 2.97. The van der Waals surface area contributed by atoms with Crippen LogP contribution in [-0.4, -0.2) is 24.0 Å². The Labute approximate surface area is 145 Å². The van der Waals surface area contributed by atoms with E-state index in [4.69, 9.17) is 5.73 Å². The van der Waals surface area contributed by atoms with Gasteiger partial charge in [-0.1, -0.05) is 54.6 Å². The van der Waals surface area contributed by atoms with Gasteiger partial charge in [-0.25, -0.2) is 0 Å². The number of benzene rings is 2. The molecule has 0 bridgehead atoms. The van der Waals surface area contributed by atoms with Crippen LogP contribution in [0.2, 0.25) is 0 Å². The highest BCUT2D eigenvalue weighted by Crippen LogP contribution is 2.38. The number of likely N-dealkylation sites (tertiary alicyclic amines) is 1. The molecular formula is C20H25ClN2. The van der Waals surface area contributed by atoms with Crippen LogP contribution in [0.5, 0.6) is 0 Å². The molecule has 1 aliphatic heterocycles. The third kappa shape index (κ3) is 3.16. The fourth-order valence-electron chi connectivity index (χ4n) is 4.28. The Morgan fingerprint density at radius 3 is 2.48 bits per heavy atom. The van der Waals surface area contributed by atoms with Crippen molar-refractivity contribution < 1.29 is 0 Å². The molecule has 23 heavy (non-hydrogen) atoms. The number of nitrogens with zero attached hydrogens (tertiary/aromatic N) is 1. The predicted molar refractivity (Wildman–Crippen MR) is 98.1 cm³/mol. The monoisotopic (exact) mass is 328 g/mol. The highest BCUT2D eigenvalue weighted by Gasteiger charge is 2.36. The van der Waals surface area contributed by atoms with E-state index in [1.54, 1.807) is 0 Å². The van der Waals surface area contributed by atoms with Crippen LogP contribution in [0.1, 0.15) is 41.5 Å². The molecule has 2 aromatic rings. The number of aryl methyl sites for hydroxylation is 1. The summed E-state index contributed by atoms with van der Waals surface area (Å²) in [5.41, 5.74) is 11.0. The zero-order valence-electron chi connectivity index (χ0n) is 13.4. The molecule has 0 aromatic heterocycles. The van der Waals surface area contributed by atoms with Crippen molar-refractivity contribution in [2.45, 2.75) is 37.3 Å². The van der Waals surface area contributed by atoms with E-state index in [2.05, 4.69) is 59.5 Å². The van der Waals surface area contributed by atoms with Crippen molar-refractivity contribution in [3.63, 3.8) is 0 Å². The summed E-state index contributed by atoms with van der Waals surface area (Å²) < 4.78 is 0. The van der Waals surface area contributed by atoms with Crippen molar-refractivity contribution >= 4 is 12.4 Å². The fraction of sp³-hybridized carbons (Fsp3) is 0.400. The fourth-order valence-corrected chi connectivity index (χ4v) is 4.28. The molecule has 0 saturated carbocycles. The van der Waals surface area contributed by atoms with E-state index in [-0.39, 0.29) is 18.4 Å². The molecule has 1 aliphatic carbocycles. The lowest BCUT2D eigenvalue weighted by molar-refractivity contribution is 0.217. The summed E-state index contributed by atoms with van der Waals surface area (Å²) in [5.74, 6) is 0.468. The Morgan fingerprint density at radius 2 is 1.65 bits per heavy atom. The van der Waals surface area contributed by atoms with Gasteiger partial charge >= 0.3 is 0 Å². The second kappa shape index (κ2) is 7.04. The number of nitrogens with two attached hydrogens (primary N) is 1. The van der Waals surface area contributed by atoms with Crippen LogP contribution in [0.15, 0.2) is 54.6 Å². The molecule has 3 heteroatoms. The summed E-state index contributed by atoms with van der Waals surface area (Å²) >= 11 is 0. The van der Waals surface area contributed by atoms with Crippen molar-refractivity contribution in [2.24, 2.45) is 5.73 Å². The van der Waals surface area contributed by atoms with Gasteiger partial charge in [-0.3, -0.25) is 4.90 Å². The van der Waals surface area contributed by atoms with Gasteiger partial charge in [-0.15, -0.1) is 12.4 Å². The highest BCUT2D eigenvalue weighted by molar-refractivity contribution is 5.85. The number of hydrogen-bond acceptors (Lipinski definition) is 2. The van der Waals surface area contributed by atoms with Gasteiger partial charge < -0.3 is 5.73 Å². The molecule has 3 atom stereocenters. The summed E-state index contributed by atoms with van der Waals surface area (Å²) in [5, 5.41) is 0. The lowest BCUT2D eigenvalue weighted by atomic mass is 9.87. The molecule has 1 saturated heterocycles. The zero-order valence-corrected chi connectivity index (χ0v) is 14.2. The Kier molecular flexibility index (Phi) is 5.05. The van der Waals surface area contributed by atoms with E-state index in [1.165, 1.54) is 36.0 Å². The Morgan fingerprint density at radius 1 is 0.913 bits per heavy atom. The van der Waals surface area contributed by atoms with E-state index >= 15 is 0 Å². The summed E-state index contributed by atoms with van der Waals surface area (Å²) in [6.45, 7) is 2.10. The van der Waals surface area contributed by atoms with E-state index < -0.39 is 0 Å². The predicted octanol–water partition coefficient (Wildman–Crippen LogP) is 3.91. The van der Waals surface area contributed by atoms with Crippen molar-refractivity contribution in [1.82, 2.24) is 4.90 Å². The zero-order chi connectivity index (χ0) is 14.9. The molecule has 0 spiro atoms. The average molecular weight is 329 g/mol. The molecule has 4 rings (SSSR count). The first-order chi connectivity index (χ1) is 10.8. The van der Waals surface area contributed by atoms with Crippen LogP contribution < -0.4 is 5.73 Å². The molecule has 2 aromatic carbocycles. The van der Waals surface area contributed by atoms with Gasteiger partial charge in [-0.2, -0.15) is 0 Å². The first kappa shape index (κ1) is 16.5. The van der Waals surface area contributed by atoms with Crippen LogP contribution >= 0.6 is 12.4 Å². The molecule has 2 nitrogen and oxygen atoms in total. The van der Waals surface area contributed by atoms with Gasteiger partial charge in [0.25, 0.3) is 0 Å². The first-order valence-electron chi connectivity index (χ1n) is 8.45. The summed E-state index contributed by atoms with van der Waals surface area (Å²) in [6.07, 6.45) is 3.79. The van der Waals surface area contributed by atoms with Crippen molar-refractivity contribution in [2.75, 3.05) is 13.1 Å². The second-order valence-corrected chi connectivity index (χ2v) is 6.74. The van der Waals surface area contributed by atoms with Gasteiger partial charge in [0.2, 0.25) is 0 Å². The van der Waals surface area contributed by atoms with Crippen LogP contribution in [0.25, 0.3) is 0 Å². The minimum absolute atomic E-state index is 0. The lowest BCUT2D eigenvalue weighted by Gasteiger charge is -2.33. The van der Waals surface area contributed by atoms with Crippen LogP contribution in [0, 0.1) is 0 Å². The lowest BCUT2D eigenvalue weighted by Crippen LogP contribution is -2.32. The molecule has 1 heterocycles. The summed E-state index contributed by atoms with van der Waals surface area (Å²) in [6, 6.07) is 20.6. The molecule has 2 N–H and O–H groups in total. The van der Waals surface area contributed by atoms with E-state index in [0.717, 1.165) is 13.1 Å². The van der Waals surface area contributed by atoms with Crippen LogP contribution in [-0.2, 0) is 6.42 Å². The van der Waals surface area contributed by atoms with Crippen LogP contribution in [0.4, 0.5) is 0 Å². The van der Waals surface area contributed by atoms with Gasteiger partial charge in [0.05, 0.1) is 0 Å². The van der Waals surface area contributed by atoms with Crippen molar-refractivity contribution in [3.05, 3.63) is 71.3 Å². The maximum Gasteiger partial charge on any atom is 0.0351 e. The number of halogens is 1. The minimum atomic E-state index is 0. The highest BCUT2D eigenvalue weighted by atomic mass is 35.5. The van der Waals surface area contributed by atoms with Gasteiger partial charge in [0.15, 0.2) is 0 Å². The SMILES string of the molecule is Cl.N[C@@H]1CN(C2CCCc3ccccc32)C[C@H]1c1ccccc1. The minimum Gasteiger partial charge on any atom is -0.326 e. The molecule has 1 fully saturated rings. The summed E-state index contributed by atoms with van der Waals surface area (Å²) in [4.78, 5) is 2.63.